The molecule has 0 bridgehead atoms. The zero-order valence-electron chi connectivity index (χ0n) is 8.92. The van der Waals surface area contributed by atoms with Gasteiger partial charge in [0.25, 0.3) is 0 Å². The van der Waals surface area contributed by atoms with Crippen LogP contribution in [-0.4, -0.2) is 11.0 Å². The molecule has 2 unspecified atom stereocenters. The predicted molar refractivity (Wildman–Crippen MR) is 64.5 cm³/mol. The highest BCUT2D eigenvalue weighted by atomic mass is 79.9. The number of nitrogens with zero attached hydrogens (tertiary/aromatic N) is 1. The van der Waals surface area contributed by atoms with Crippen molar-refractivity contribution in [2.75, 3.05) is 5.32 Å². The number of halogens is 1. The van der Waals surface area contributed by atoms with Gasteiger partial charge in [-0.25, -0.2) is 4.98 Å². The number of aromatic nitrogens is 1. The lowest BCUT2D eigenvalue weighted by Crippen LogP contribution is -2.23. The number of hydrogen-bond donors (Lipinski definition) is 1. The number of rotatable bonds is 4. The summed E-state index contributed by atoms with van der Waals surface area (Å²) >= 11 is 3.32. The third kappa shape index (κ3) is 3.29. The van der Waals surface area contributed by atoms with Gasteiger partial charge >= 0.3 is 0 Å². The summed E-state index contributed by atoms with van der Waals surface area (Å²) in [4.78, 5) is 4.17. The highest BCUT2D eigenvalue weighted by Gasteiger charge is 2.09. The van der Waals surface area contributed by atoms with Gasteiger partial charge in [0.2, 0.25) is 0 Å². The molecule has 78 valence electrons. The van der Waals surface area contributed by atoms with E-state index in [1.165, 1.54) is 6.42 Å². The van der Waals surface area contributed by atoms with Gasteiger partial charge in [0.1, 0.15) is 4.60 Å². The molecule has 0 aliphatic carbocycles. The minimum absolute atomic E-state index is 0.489. The first-order valence-corrected chi connectivity index (χ1v) is 5.81. The first-order chi connectivity index (χ1) is 6.63. The van der Waals surface area contributed by atoms with Gasteiger partial charge in [0, 0.05) is 6.04 Å². The molecule has 0 saturated carbocycles. The minimum Gasteiger partial charge on any atom is -0.381 e. The Morgan fingerprint density at radius 3 is 2.64 bits per heavy atom. The predicted octanol–water partition coefficient (Wildman–Crippen LogP) is 3.69. The van der Waals surface area contributed by atoms with E-state index in [0.29, 0.717) is 12.0 Å². The largest absolute Gasteiger partial charge is 0.381 e. The Morgan fingerprint density at radius 2 is 2.14 bits per heavy atom. The third-order valence-corrected chi connectivity index (χ3v) is 3.09. The Kier molecular flexibility index (Phi) is 4.39. The maximum Gasteiger partial charge on any atom is 0.106 e. The van der Waals surface area contributed by atoms with E-state index in [0.717, 1.165) is 10.3 Å². The Balaban J connectivity index is 2.56. The van der Waals surface area contributed by atoms with Crippen molar-refractivity contribution in [3.05, 3.63) is 22.9 Å². The molecule has 0 aliphatic rings. The minimum atomic E-state index is 0.489. The Bertz CT molecular complexity index is 271. The molecule has 1 N–H and O–H groups in total. The van der Waals surface area contributed by atoms with Gasteiger partial charge in [-0.05, 0) is 40.9 Å². The second kappa shape index (κ2) is 5.35. The molecule has 1 rings (SSSR count). The monoisotopic (exact) mass is 256 g/mol. The van der Waals surface area contributed by atoms with Crippen LogP contribution in [0, 0.1) is 5.92 Å². The van der Waals surface area contributed by atoms with E-state index in [1.807, 2.05) is 18.3 Å². The van der Waals surface area contributed by atoms with Crippen LogP contribution in [0.15, 0.2) is 22.9 Å². The summed E-state index contributed by atoms with van der Waals surface area (Å²) < 4.78 is 0.874. The van der Waals surface area contributed by atoms with E-state index in [-0.39, 0.29) is 0 Å². The molecule has 2 atom stereocenters. The molecule has 2 nitrogen and oxygen atoms in total. The molecule has 1 heterocycles. The van der Waals surface area contributed by atoms with E-state index in [2.05, 4.69) is 47.0 Å². The average molecular weight is 257 g/mol. The van der Waals surface area contributed by atoms with Crippen LogP contribution in [0.25, 0.3) is 0 Å². The summed E-state index contributed by atoms with van der Waals surface area (Å²) in [7, 11) is 0. The van der Waals surface area contributed by atoms with Crippen molar-refractivity contribution < 1.29 is 0 Å². The van der Waals surface area contributed by atoms with Gasteiger partial charge < -0.3 is 5.32 Å². The molecular formula is C11H17BrN2. The summed E-state index contributed by atoms with van der Waals surface area (Å²) in [5, 5.41) is 3.44. The van der Waals surface area contributed by atoms with Crippen molar-refractivity contribution >= 4 is 21.6 Å². The topological polar surface area (TPSA) is 24.9 Å². The Hall–Kier alpha value is -0.570. The van der Waals surface area contributed by atoms with E-state index in [4.69, 9.17) is 0 Å². The summed E-state index contributed by atoms with van der Waals surface area (Å²) in [6.07, 6.45) is 3.04. The SMILES string of the molecule is CCC(C)C(C)Nc1ccc(Br)nc1. The molecule has 0 spiro atoms. The van der Waals surface area contributed by atoms with Gasteiger partial charge in [0.05, 0.1) is 11.9 Å². The fourth-order valence-corrected chi connectivity index (χ4v) is 1.45. The average Bonchev–Trinajstić information content (AvgIpc) is 2.20. The van der Waals surface area contributed by atoms with Crippen LogP contribution < -0.4 is 5.32 Å². The van der Waals surface area contributed by atoms with Crippen LogP contribution in [-0.2, 0) is 0 Å². The van der Waals surface area contributed by atoms with Gasteiger partial charge in [-0.15, -0.1) is 0 Å². The van der Waals surface area contributed by atoms with Crippen molar-refractivity contribution in [1.82, 2.24) is 4.98 Å². The quantitative estimate of drug-likeness (QED) is 0.832. The zero-order valence-corrected chi connectivity index (χ0v) is 10.5. The molecule has 0 fully saturated rings. The number of anilines is 1. The Morgan fingerprint density at radius 1 is 1.43 bits per heavy atom. The number of pyridine rings is 1. The van der Waals surface area contributed by atoms with Gasteiger partial charge in [-0.3, -0.25) is 0 Å². The van der Waals surface area contributed by atoms with E-state index < -0.39 is 0 Å². The normalized spacial score (nSPS) is 14.9. The van der Waals surface area contributed by atoms with Crippen LogP contribution >= 0.6 is 15.9 Å². The highest BCUT2D eigenvalue weighted by molar-refractivity contribution is 9.10. The molecule has 0 aliphatic heterocycles. The third-order valence-electron chi connectivity index (χ3n) is 2.62. The lowest BCUT2D eigenvalue weighted by atomic mass is 10.0. The summed E-state index contributed by atoms with van der Waals surface area (Å²) in [6, 6.07) is 4.48. The van der Waals surface area contributed by atoms with Gasteiger partial charge in [0.15, 0.2) is 0 Å². The van der Waals surface area contributed by atoms with Crippen molar-refractivity contribution in [2.45, 2.75) is 33.2 Å². The van der Waals surface area contributed by atoms with Crippen LogP contribution in [0.1, 0.15) is 27.2 Å². The molecule has 0 aromatic carbocycles. The maximum absolute atomic E-state index is 4.17. The van der Waals surface area contributed by atoms with E-state index in [1.54, 1.807) is 0 Å². The first kappa shape index (κ1) is 11.5. The molecule has 0 amide bonds. The van der Waals surface area contributed by atoms with Crippen LogP contribution in [0.3, 0.4) is 0 Å². The fraction of sp³-hybridized carbons (Fsp3) is 0.545. The highest BCUT2D eigenvalue weighted by Crippen LogP contribution is 2.15. The van der Waals surface area contributed by atoms with Crippen LogP contribution in [0.4, 0.5) is 5.69 Å². The van der Waals surface area contributed by atoms with Crippen molar-refractivity contribution in [3.63, 3.8) is 0 Å². The summed E-state index contributed by atoms with van der Waals surface area (Å²) in [6.45, 7) is 6.67. The van der Waals surface area contributed by atoms with Crippen LogP contribution in [0.2, 0.25) is 0 Å². The second-order valence-electron chi connectivity index (χ2n) is 3.69. The Labute approximate surface area is 94.3 Å². The summed E-state index contributed by atoms with van der Waals surface area (Å²) in [5.74, 6) is 0.679. The van der Waals surface area contributed by atoms with E-state index in [9.17, 15) is 0 Å². The molecule has 0 radical (unpaired) electrons. The molecule has 3 heteroatoms. The van der Waals surface area contributed by atoms with Gasteiger partial charge in [-0.1, -0.05) is 20.3 Å². The molecular weight excluding hydrogens is 240 g/mol. The zero-order chi connectivity index (χ0) is 10.6. The van der Waals surface area contributed by atoms with Crippen LogP contribution in [0.5, 0.6) is 0 Å². The lowest BCUT2D eigenvalue weighted by molar-refractivity contribution is 0.494. The number of nitrogens with one attached hydrogen (secondary N) is 1. The second-order valence-corrected chi connectivity index (χ2v) is 4.50. The van der Waals surface area contributed by atoms with Gasteiger partial charge in [-0.2, -0.15) is 0 Å². The molecule has 14 heavy (non-hydrogen) atoms. The lowest BCUT2D eigenvalue weighted by Gasteiger charge is -2.20. The maximum atomic E-state index is 4.17. The fourth-order valence-electron chi connectivity index (χ4n) is 1.22. The molecule has 0 saturated heterocycles. The van der Waals surface area contributed by atoms with Crippen molar-refractivity contribution in [1.29, 1.82) is 0 Å². The number of hydrogen-bond acceptors (Lipinski definition) is 2. The van der Waals surface area contributed by atoms with E-state index >= 15 is 0 Å². The standard InChI is InChI=1S/C11H17BrN2/c1-4-8(2)9(3)14-10-5-6-11(12)13-7-10/h5-9,14H,4H2,1-3H3. The van der Waals surface area contributed by atoms with Crippen molar-refractivity contribution in [2.24, 2.45) is 5.92 Å². The first-order valence-electron chi connectivity index (χ1n) is 5.01. The smallest absolute Gasteiger partial charge is 0.106 e. The summed E-state index contributed by atoms with van der Waals surface area (Å²) in [5.41, 5.74) is 1.08. The van der Waals surface area contributed by atoms with Crippen molar-refractivity contribution in [3.8, 4) is 0 Å². The molecule has 1 aromatic heterocycles. The molecule has 1 aromatic rings.